The molecule has 0 aliphatic carbocycles. The molecule has 0 aliphatic rings. The Morgan fingerprint density at radius 3 is 2.80 bits per heavy atom. The molecule has 0 aromatic carbocycles. The van der Waals surface area contributed by atoms with Crippen molar-refractivity contribution in [1.82, 2.24) is 15.1 Å². The van der Waals surface area contributed by atoms with Crippen molar-refractivity contribution in [2.24, 2.45) is 7.05 Å². The van der Waals surface area contributed by atoms with E-state index in [1.807, 2.05) is 37.1 Å². The van der Waals surface area contributed by atoms with Gasteiger partial charge in [-0.3, -0.25) is 4.68 Å². The summed E-state index contributed by atoms with van der Waals surface area (Å²) in [6, 6.07) is 3.94. The standard InChI is InChI=1S/C11H15N3O/c1-8-9(7-13-14(8)3)11(12-2)10-5-4-6-15-10/h4-7,11-12H,1-3H3. The number of hydrogen-bond acceptors (Lipinski definition) is 3. The highest BCUT2D eigenvalue weighted by molar-refractivity contribution is 5.27. The lowest BCUT2D eigenvalue weighted by atomic mass is 10.1. The lowest BCUT2D eigenvalue weighted by Crippen LogP contribution is -2.17. The first-order valence-electron chi connectivity index (χ1n) is 4.93. The topological polar surface area (TPSA) is 43.0 Å². The second-order valence-electron chi connectivity index (χ2n) is 3.55. The minimum absolute atomic E-state index is 0.0775. The molecule has 1 N–H and O–H groups in total. The molecule has 1 unspecified atom stereocenters. The number of furan rings is 1. The van der Waals surface area contributed by atoms with E-state index in [0.29, 0.717) is 0 Å². The first-order valence-corrected chi connectivity index (χ1v) is 4.93. The van der Waals surface area contributed by atoms with Gasteiger partial charge in [0.15, 0.2) is 0 Å². The summed E-state index contributed by atoms with van der Waals surface area (Å²) >= 11 is 0. The molecule has 2 heterocycles. The van der Waals surface area contributed by atoms with E-state index in [1.165, 1.54) is 0 Å². The Labute approximate surface area is 88.9 Å². The molecule has 0 spiro atoms. The predicted molar refractivity (Wildman–Crippen MR) is 57.6 cm³/mol. The van der Waals surface area contributed by atoms with Crippen molar-refractivity contribution in [3.63, 3.8) is 0 Å². The Morgan fingerprint density at radius 1 is 1.53 bits per heavy atom. The average Bonchev–Trinajstić information content (AvgIpc) is 2.84. The van der Waals surface area contributed by atoms with E-state index >= 15 is 0 Å². The summed E-state index contributed by atoms with van der Waals surface area (Å²) in [4.78, 5) is 0. The van der Waals surface area contributed by atoms with Gasteiger partial charge < -0.3 is 9.73 Å². The van der Waals surface area contributed by atoms with Crippen molar-refractivity contribution >= 4 is 0 Å². The third-order valence-corrected chi connectivity index (χ3v) is 2.70. The molecule has 0 amide bonds. The summed E-state index contributed by atoms with van der Waals surface area (Å²) in [6.07, 6.45) is 3.56. The molecule has 2 aromatic rings. The van der Waals surface area contributed by atoms with Crippen LogP contribution in [0.25, 0.3) is 0 Å². The molecule has 0 fully saturated rings. The first-order chi connectivity index (χ1) is 7.24. The molecule has 0 bridgehead atoms. The lowest BCUT2D eigenvalue weighted by Gasteiger charge is -2.12. The molecule has 0 saturated heterocycles. The summed E-state index contributed by atoms with van der Waals surface area (Å²) in [5.41, 5.74) is 2.29. The number of nitrogens with one attached hydrogen (secondary N) is 1. The highest BCUT2D eigenvalue weighted by Crippen LogP contribution is 2.24. The predicted octanol–water partition coefficient (Wildman–Crippen LogP) is 1.63. The SMILES string of the molecule is CNC(c1ccco1)c1cnn(C)c1C. The van der Waals surface area contributed by atoms with Crippen molar-refractivity contribution in [2.75, 3.05) is 7.05 Å². The van der Waals surface area contributed by atoms with E-state index in [0.717, 1.165) is 17.0 Å². The van der Waals surface area contributed by atoms with Crippen molar-refractivity contribution in [1.29, 1.82) is 0 Å². The Kier molecular flexibility index (Phi) is 2.60. The lowest BCUT2D eigenvalue weighted by molar-refractivity contribution is 0.462. The van der Waals surface area contributed by atoms with Crippen LogP contribution in [0.4, 0.5) is 0 Å². The summed E-state index contributed by atoms with van der Waals surface area (Å²) in [7, 11) is 3.85. The minimum atomic E-state index is 0.0775. The zero-order valence-corrected chi connectivity index (χ0v) is 9.19. The van der Waals surface area contributed by atoms with E-state index in [9.17, 15) is 0 Å². The van der Waals surface area contributed by atoms with Crippen molar-refractivity contribution in [3.8, 4) is 0 Å². The van der Waals surface area contributed by atoms with Gasteiger partial charge in [0.25, 0.3) is 0 Å². The smallest absolute Gasteiger partial charge is 0.125 e. The largest absolute Gasteiger partial charge is 0.467 e. The molecule has 0 saturated carbocycles. The Morgan fingerprint density at radius 2 is 2.33 bits per heavy atom. The maximum Gasteiger partial charge on any atom is 0.125 e. The maximum absolute atomic E-state index is 5.41. The summed E-state index contributed by atoms with van der Waals surface area (Å²) in [5, 5.41) is 7.46. The fourth-order valence-corrected chi connectivity index (χ4v) is 1.71. The van der Waals surface area contributed by atoms with Gasteiger partial charge in [-0.2, -0.15) is 5.10 Å². The fourth-order valence-electron chi connectivity index (χ4n) is 1.71. The van der Waals surface area contributed by atoms with Crippen LogP contribution in [0.15, 0.2) is 29.0 Å². The van der Waals surface area contributed by atoms with Gasteiger partial charge in [0.2, 0.25) is 0 Å². The van der Waals surface area contributed by atoms with Crippen LogP contribution in [0.1, 0.15) is 23.1 Å². The van der Waals surface area contributed by atoms with E-state index in [1.54, 1.807) is 6.26 Å². The van der Waals surface area contributed by atoms with Gasteiger partial charge in [0, 0.05) is 18.3 Å². The first kappa shape index (κ1) is 9.98. The van der Waals surface area contributed by atoms with Gasteiger partial charge in [-0.15, -0.1) is 0 Å². The fraction of sp³-hybridized carbons (Fsp3) is 0.364. The number of rotatable bonds is 3. The van der Waals surface area contributed by atoms with Crippen LogP contribution < -0.4 is 5.32 Å². The van der Waals surface area contributed by atoms with Crippen LogP contribution in [0.5, 0.6) is 0 Å². The van der Waals surface area contributed by atoms with E-state index in [2.05, 4.69) is 17.3 Å². The minimum Gasteiger partial charge on any atom is -0.467 e. The summed E-state index contributed by atoms with van der Waals surface area (Å²) in [6.45, 7) is 2.05. The van der Waals surface area contributed by atoms with E-state index < -0.39 is 0 Å². The zero-order valence-electron chi connectivity index (χ0n) is 9.19. The second kappa shape index (κ2) is 3.90. The van der Waals surface area contributed by atoms with Crippen LogP contribution >= 0.6 is 0 Å². The molecular formula is C11H15N3O. The third kappa shape index (κ3) is 1.68. The third-order valence-electron chi connectivity index (χ3n) is 2.70. The van der Waals surface area contributed by atoms with Crippen LogP contribution in [0.2, 0.25) is 0 Å². The van der Waals surface area contributed by atoms with Crippen molar-refractivity contribution < 1.29 is 4.42 Å². The molecule has 2 rings (SSSR count). The quantitative estimate of drug-likeness (QED) is 0.828. The van der Waals surface area contributed by atoms with Gasteiger partial charge in [0.1, 0.15) is 5.76 Å². The highest BCUT2D eigenvalue weighted by Gasteiger charge is 2.18. The molecule has 0 radical (unpaired) electrons. The van der Waals surface area contributed by atoms with Crippen LogP contribution in [0.3, 0.4) is 0 Å². The average molecular weight is 205 g/mol. The van der Waals surface area contributed by atoms with E-state index in [4.69, 9.17) is 4.42 Å². The van der Waals surface area contributed by atoms with Crippen molar-refractivity contribution in [3.05, 3.63) is 41.6 Å². The Balaban J connectivity index is 2.40. The summed E-state index contributed by atoms with van der Waals surface area (Å²) in [5.74, 6) is 0.911. The Hall–Kier alpha value is -1.55. The molecule has 4 heteroatoms. The molecule has 80 valence electrons. The van der Waals surface area contributed by atoms with Crippen LogP contribution in [-0.4, -0.2) is 16.8 Å². The highest BCUT2D eigenvalue weighted by atomic mass is 16.3. The Bertz CT molecular complexity index is 431. The van der Waals surface area contributed by atoms with E-state index in [-0.39, 0.29) is 6.04 Å². The zero-order chi connectivity index (χ0) is 10.8. The van der Waals surface area contributed by atoms with Gasteiger partial charge in [0.05, 0.1) is 18.5 Å². The normalized spacial score (nSPS) is 13.0. The van der Waals surface area contributed by atoms with Gasteiger partial charge >= 0.3 is 0 Å². The monoisotopic (exact) mass is 205 g/mol. The van der Waals surface area contributed by atoms with Crippen LogP contribution in [0, 0.1) is 6.92 Å². The van der Waals surface area contributed by atoms with Crippen molar-refractivity contribution in [2.45, 2.75) is 13.0 Å². The number of hydrogen-bond donors (Lipinski definition) is 1. The van der Waals surface area contributed by atoms with Gasteiger partial charge in [-0.25, -0.2) is 0 Å². The molecular weight excluding hydrogens is 190 g/mol. The molecule has 1 atom stereocenters. The van der Waals surface area contributed by atoms with Crippen LogP contribution in [-0.2, 0) is 7.05 Å². The second-order valence-corrected chi connectivity index (χ2v) is 3.55. The number of nitrogens with zero attached hydrogens (tertiary/aromatic N) is 2. The molecule has 0 aliphatic heterocycles. The number of aryl methyl sites for hydroxylation is 1. The number of aromatic nitrogens is 2. The molecule has 4 nitrogen and oxygen atoms in total. The molecule has 15 heavy (non-hydrogen) atoms. The maximum atomic E-state index is 5.41. The summed E-state index contributed by atoms with van der Waals surface area (Å²) < 4.78 is 7.27. The molecule has 2 aromatic heterocycles. The van der Waals surface area contributed by atoms with Gasteiger partial charge in [-0.1, -0.05) is 0 Å². The van der Waals surface area contributed by atoms with Gasteiger partial charge in [-0.05, 0) is 26.1 Å².